The summed E-state index contributed by atoms with van der Waals surface area (Å²) in [5.41, 5.74) is 4.83. The van der Waals surface area contributed by atoms with Crippen LogP contribution in [0, 0.1) is 13.8 Å². The highest BCUT2D eigenvalue weighted by Crippen LogP contribution is 2.33. The van der Waals surface area contributed by atoms with Crippen molar-refractivity contribution in [3.05, 3.63) is 74.4 Å². The molecule has 0 fully saturated rings. The summed E-state index contributed by atoms with van der Waals surface area (Å²) in [4.78, 5) is 12.9. The van der Waals surface area contributed by atoms with Gasteiger partial charge in [0.2, 0.25) is 0 Å². The SMILES string of the molecule is Cc1ccc(-n2nc3c(c2NC(=O)c2cc(Cl)ccc2Cl)CS(=O)C3)c(C)c1. The van der Waals surface area contributed by atoms with Gasteiger partial charge >= 0.3 is 0 Å². The van der Waals surface area contributed by atoms with Gasteiger partial charge in [-0.1, -0.05) is 40.9 Å². The Kier molecular flexibility index (Phi) is 5.04. The molecule has 1 aromatic heterocycles. The molecule has 2 heterocycles. The topological polar surface area (TPSA) is 64.0 Å². The highest BCUT2D eigenvalue weighted by molar-refractivity contribution is 7.83. The number of nitrogens with one attached hydrogen (secondary N) is 1. The van der Waals surface area contributed by atoms with E-state index < -0.39 is 10.8 Å². The molecule has 0 radical (unpaired) electrons. The number of benzene rings is 2. The van der Waals surface area contributed by atoms with Crippen molar-refractivity contribution >= 4 is 45.7 Å². The zero-order chi connectivity index (χ0) is 20.0. The second-order valence-corrected chi connectivity index (χ2v) is 9.08. The molecular weight excluding hydrogens is 417 g/mol. The first-order valence-electron chi connectivity index (χ1n) is 8.63. The number of rotatable bonds is 3. The van der Waals surface area contributed by atoms with Gasteiger partial charge in [0.05, 0.1) is 33.5 Å². The van der Waals surface area contributed by atoms with E-state index in [9.17, 15) is 9.00 Å². The zero-order valence-corrected chi connectivity index (χ0v) is 17.6. The normalized spacial score (nSPS) is 15.5. The highest BCUT2D eigenvalue weighted by atomic mass is 35.5. The van der Waals surface area contributed by atoms with E-state index in [1.165, 1.54) is 6.07 Å². The molecule has 4 rings (SSSR count). The molecule has 0 spiro atoms. The number of hydrogen-bond acceptors (Lipinski definition) is 3. The summed E-state index contributed by atoms with van der Waals surface area (Å²) in [5.74, 6) is 0.875. The number of anilines is 1. The quantitative estimate of drug-likeness (QED) is 0.644. The molecule has 1 amide bonds. The second-order valence-electron chi connectivity index (χ2n) is 6.78. The third kappa shape index (κ3) is 3.48. The Balaban J connectivity index is 1.80. The number of aryl methyl sites for hydroxylation is 2. The van der Waals surface area contributed by atoms with Crippen LogP contribution in [0.2, 0.25) is 10.0 Å². The molecule has 144 valence electrons. The zero-order valence-electron chi connectivity index (χ0n) is 15.3. The molecule has 5 nitrogen and oxygen atoms in total. The molecule has 1 unspecified atom stereocenters. The van der Waals surface area contributed by atoms with E-state index in [1.807, 2.05) is 26.0 Å². The molecule has 1 atom stereocenters. The summed E-state index contributed by atoms with van der Waals surface area (Å²) in [5, 5.41) is 8.28. The summed E-state index contributed by atoms with van der Waals surface area (Å²) >= 11 is 12.2. The third-order valence-corrected chi connectivity index (χ3v) is 6.43. The van der Waals surface area contributed by atoms with Gasteiger partial charge in [-0.25, -0.2) is 4.68 Å². The van der Waals surface area contributed by atoms with Crippen LogP contribution in [0.5, 0.6) is 0 Å². The standard InChI is InChI=1S/C20H17Cl2N3O2S/c1-11-3-6-18(12(2)7-11)25-19(15-9-28(27)10-17(15)24-25)23-20(26)14-8-13(21)4-5-16(14)22/h3-8H,9-10H2,1-2H3,(H,23,26). The van der Waals surface area contributed by atoms with Crippen LogP contribution in [0.1, 0.15) is 32.7 Å². The van der Waals surface area contributed by atoms with E-state index >= 15 is 0 Å². The maximum Gasteiger partial charge on any atom is 0.258 e. The minimum absolute atomic E-state index is 0.274. The summed E-state index contributed by atoms with van der Waals surface area (Å²) in [6.07, 6.45) is 0. The minimum atomic E-state index is -1.01. The Labute approximate surface area is 175 Å². The van der Waals surface area contributed by atoms with Gasteiger partial charge in [-0.05, 0) is 43.7 Å². The van der Waals surface area contributed by atoms with Crippen LogP contribution < -0.4 is 5.32 Å². The van der Waals surface area contributed by atoms with Crippen molar-refractivity contribution in [2.24, 2.45) is 0 Å². The van der Waals surface area contributed by atoms with Crippen molar-refractivity contribution < 1.29 is 9.00 Å². The molecule has 3 aromatic rings. The van der Waals surface area contributed by atoms with Crippen LogP contribution in [0.4, 0.5) is 5.82 Å². The number of carbonyl (C=O) groups excluding carboxylic acids is 1. The maximum atomic E-state index is 12.9. The van der Waals surface area contributed by atoms with E-state index in [0.29, 0.717) is 27.4 Å². The van der Waals surface area contributed by atoms with Gasteiger partial charge in [-0.2, -0.15) is 5.10 Å². The van der Waals surface area contributed by atoms with Crippen LogP contribution in [-0.2, 0) is 22.3 Å². The summed E-state index contributed by atoms with van der Waals surface area (Å²) in [6, 6.07) is 10.7. The minimum Gasteiger partial charge on any atom is -0.306 e. The van der Waals surface area contributed by atoms with Gasteiger partial charge in [0, 0.05) is 21.4 Å². The van der Waals surface area contributed by atoms with Gasteiger partial charge < -0.3 is 5.32 Å². The van der Waals surface area contributed by atoms with Crippen molar-refractivity contribution in [1.29, 1.82) is 0 Å². The predicted molar refractivity (Wildman–Crippen MR) is 113 cm³/mol. The Morgan fingerprint density at radius 2 is 1.93 bits per heavy atom. The Bertz CT molecular complexity index is 1140. The molecule has 1 aliphatic heterocycles. The van der Waals surface area contributed by atoms with E-state index in [0.717, 1.165) is 28.1 Å². The van der Waals surface area contributed by atoms with Crippen LogP contribution in [-0.4, -0.2) is 19.9 Å². The monoisotopic (exact) mass is 433 g/mol. The summed E-state index contributed by atoms with van der Waals surface area (Å²) in [7, 11) is -1.01. The van der Waals surface area contributed by atoms with E-state index in [-0.39, 0.29) is 11.5 Å². The fourth-order valence-corrected chi connectivity index (χ4v) is 4.96. The molecule has 2 aromatic carbocycles. The third-order valence-electron chi connectivity index (χ3n) is 4.66. The van der Waals surface area contributed by atoms with E-state index in [4.69, 9.17) is 23.2 Å². The molecule has 1 N–H and O–H groups in total. The number of hydrogen-bond donors (Lipinski definition) is 1. The highest BCUT2D eigenvalue weighted by Gasteiger charge is 2.29. The van der Waals surface area contributed by atoms with Crippen molar-refractivity contribution in [2.45, 2.75) is 25.4 Å². The number of fused-ring (bicyclic) bond motifs is 1. The number of halogens is 2. The largest absolute Gasteiger partial charge is 0.306 e. The predicted octanol–water partition coefficient (Wildman–Crippen LogP) is 4.81. The smallest absolute Gasteiger partial charge is 0.258 e. The van der Waals surface area contributed by atoms with E-state index in [1.54, 1.807) is 16.8 Å². The number of aromatic nitrogens is 2. The van der Waals surface area contributed by atoms with Crippen molar-refractivity contribution in [2.75, 3.05) is 5.32 Å². The van der Waals surface area contributed by atoms with Gasteiger partial charge in [0.1, 0.15) is 5.82 Å². The van der Waals surface area contributed by atoms with Crippen molar-refractivity contribution in [1.82, 2.24) is 9.78 Å². The molecule has 1 aliphatic rings. The Hall–Kier alpha value is -2.15. The van der Waals surface area contributed by atoms with Crippen LogP contribution in [0.3, 0.4) is 0 Å². The molecule has 0 saturated heterocycles. The van der Waals surface area contributed by atoms with Crippen molar-refractivity contribution in [3.63, 3.8) is 0 Å². The molecule has 0 bridgehead atoms. The lowest BCUT2D eigenvalue weighted by molar-refractivity contribution is 0.102. The summed E-state index contributed by atoms with van der Waals surface area (Å²) in [6.45, 7) is 4.01. The molecular formula is C20H17Cl2N3O2S. The Morgan fingerprint density at radius 3 is 2.68 bits per heavy atom. The molecule has 0 saturated carbocycles. The van der Waals surface area contributed by atoms with Gasteiger partial charge in [0.15, 0.2) is 0 Å². The van der Waals surface area contributed by atoms with Crippen molar-refractivity contribution in [3.8, 4) is 5.69 Å². The maximum absolute atomic E-state index is 12.9. The lowest BCUT2D eigenvalue weighted by Crippen LogP contribution is -2.17. The van der Waals surface area contributed by atoms with Gasteiger partial charge in [0.25, 0.3) is 5.91 Å². The van der Waals surface area contributed by atoms with Crippen LogP contribution in [0.15, 0.2) is 36.4 Å². The van der Waals surface area contributed by atoms with Crippen LogP contribution >= 0.6 is 23.2 Å². The Morgan fingerprint density at radius 1 is 1.14 bits per heavy atom. The van der Waals surface area contributed by atoms with E-state index in [2.05, 4.69) is 16.5 Å². The molecule has 0 aliphatic carbocycles. The lowest BCUT2D eigenvalue weighted by Gasteiger charge is -2.14. The fourth-order valence-electron chi connectivity index (χ4n) is 3.32. The number of nitrogens with zero attached hydrogens (tertiary/aromatic N) is 2. The van der Waals surface area contributed by atoms with Gasteiger partial charge in [-0.15, -0.1) is 0 Å². The first-order valence-corrected chi connectivity index (χ1v) is 10.9. The first kappa shape index (κ1) is 19.2. The van der Waals surface area contributed by atoms with Gasteiger partial charge in [-0.3, -0.25) is 9.00 Å². The average Bonchev–Trinajstić information content (AvgIpc) is 3.14. The lowest BCUT2D eigenvalue weighted by atomic mass is 10.1. The van der Waals surface area contributed by atoms with Crippen LogP contribution in [0.25, 0.3) is 5.69 Å². The summed E-state index contributed by atoms with van der Waals surface area (Å²) < 4.78 is 13.8. The number of carbonyl (C=O) groups is 1. The number of amides is 1. The molecule has 8 heteroatoms. The fraction of sp³-hybridized carbons (Fsp3) is 0.200. The second kappa shape index (κ2) is 7.35. The average molecular weight is 434 g/mol. The first-order chi connectivity index (χ1) is 13.3. The molecule has 28 heavy (non-hydrogen) atoms.